The van der Waals surface area contributed by atoms with E-state index in [0.717, 1.165) is 11.2 Å². The number of halogens is 1. The van der Waals surface area contributed by atoms with Gasteiger partial charge < -0.3 is 39.3 Å². The van der Waals surface area contributed by atoms with Gasteiger partial charge in [-0.25, -0.2) is 0 Å². The highest BCUT2D eigenvalue weighted by atomic mass is 35.5. The Morgan fingerprint density at radius 3 is 1.43 bits per heavy atom. The Kier molecular flexibility index (Phi) is 11.2. The van der Waals surface area contributed by atoms with Crippen molar-refractivity contribution in [2.45, 2.75) is 0 Å². The van der Waals surface area contributed by atoms with Gasteiger partial charge in [0.1, 0.15) is 0 Å². The molecular weight excluding hydrogens is 596 g/mol. The molecule has 232 valence electrons. The van der Waals surface area contributed by atoms with Crippen LogP contribution in [0.4, 0.5) is 0 Å². The molecule has 0 aliphatic heterocycles. The Hall–Kier alpha value is -5.34. The lowest BCUT2D eigenvalue weighted by atomic mass is 9.91. The Bertz CT molecular complexity index is 2190. The highest BCUT2D eigenvalue weighted by molar-refractivity contribution is 6.22. The zero-order valence-corrected chi connectivity index (χ0v) is 25.6. The summed E-state index contributed by atoms with van der Waals surface area (Å²) in [7, 11) is 0. The third kappa shape index (κ3) is 5.63. The van der Waals surface area contributed by atoms with E-state index in [0.29, 0.717) is 0 Å². The molecule has 0 amide bonds. The highest BCUT2D eigenvalue weighted by Gasteiger charge is 2.27. The quantitative estimate of drug-likeness (QED) is 0.224. The molecule has 0 aliphatic carbocycles. The summed E-state index contributed by atoms with van der Waals surface area (Å²) in [5.74, 6) is 0. The fraction of sp³-hybridized carbons (Fsp3) is 0. The summed E-state index contributed by atoms with van der Waals surface area (Å²) in [6.45, 7) is 0. The van der Waals surface area contributed by atoms with Crippen molar-refractivity contribution in [3.63, 3.8) is 0 Å². The molecule has 0 bridgehead atoms. The summed E-state index contributed by atoms with van der Waals surface area (Å²) in [6.07, 6.45) is 2.20. The van der Waals surface area contributed by atoms with E-state index >= 15 is 0 Å². The average Bonchev–Trinajstić information content (AvgIpc) is 3.45. The van der Waals surface area contributed by atoms with Gasteiger partial charge in [0.05, 0.1) is 22.2 Å². The van der Waals surface area contributed by atoms with Crippen molar-refractivity contribution < 1.29 is 38.7 Å². The number of aromatic amines is 1. The molecule has 3 heterocycles. The number of nitrogens with zero attached hydrogens (tertiary/aromatic N) is 1. The van der Waals surface area contributed by atoms with Gasteiger partial charge in [0, 0.05) is 34.0 Å². The van der Waals surface area contributed by atoms with Crippen LogP contribution < -0.4 is 16.8 Å². The smallest absolute Gasteiger partial charge is 0.226 e. The number of pyridine rings is 2. The van der Waals surface area contributed by atoms with E-state index in [4.69, 9.17) is 0 Å². The average molecular weight is 631 g/mol. The lowest BCUT2D eigenvalue weighted by Crippen LogP contribution is -3.00. The molecule has 0 spiro atoms. The first-order chi connectivity index (χ1) is 20.4. The number of aromatic nitrogens is 2. The van der Waals surface area contributed by atoms with Gasteiger partial charge in [-0.15, -0.1) is 0 Å². The second kappa shape index (κ2) is 14.6. The Labute approximate surface area is 272 Å². The maximum absolute atomic E-state index is 3.94. The summed E-state index contributed by atoms with van der Waals surface area (Å²) < 4.78 is 2.37. The van der Waals surface area contributed by atoms with Gasteiger partial charge in [0.15, 0.2) is 6.20 Å². The van der Waals surface area contributed by atoms with Crippen molar-refractivity contribution in [3.05, 3.63) is 158 Å². The van der Waals surface area contributed by atoms with Crippen LogP contribution in [0.3, 0.4) is 0 Å². The van der Waals surface area contributed by atoms with Crippen molar-refractivity contribution >= 4 is 27.2 Å². The fourth-order valence-electron chi connectivity index (χ4n) is 6.33. The van der Waals surface area contributed by atoms with Gasteiger partial charge in [-0.05, 0) is 34.9 Å². The minimum atomic E-state index is 0. The standard InChI is InChI=1S/C39H26N2.ClH.4H2O/c1-5-15-27(16-6-1)34-32-25-24-31-35(28-17-7-2-8-18-28)39(30-21-11-4-12-22-30)41-26-14-13-23-33(41)36(31)38(32)40-37(34)29-19-9-3-10-20-29;;;;;/h1-26H;1H;4*1H2. The van der Waals surface area contributed by atoms with Crippen LogP contribution in [0.5, 0.6) is 0 Å². The summed E-state index contributed by atoms with van der Waals surface area (Å²) in [5.41, 5.74) is 11.9. The number of hydrogen-bond donors (Lipinski definition) is 1. The van der Waals surface area contributed by atoms with Crippen molar-refractivity contribution in [1.29, 1.82) is 0 Å². The third-order valence-corrected chi connectivity index (χ3v) is 8.07. The third-order valence-electron chi connectivity index (χ3n) is 8.07. The number of rotatable bonds is 4. The molecule has 5 aromatic carbocycles. The van der Waals surface area contributed by atoms with Crippen molar-refractivity contribution in [3.8, 4) is 44.8 Å². The van der Waals surface area contributed by atoms with Gasteiger partial charge >= 0.3 is 0 Å². The van der Waals surface area contributed by atoms with Crippen LogP contribution in [0, 0.1) is 0 Å². The molecule has 46 heavy (non-hydrogen) atoms. The molecule has 9 N–H and O–H groups in total. The first-order valence-electron chi connectivity index (χ1n) is 14.0. The second-order valence-corrected chi connectivity index (χ2v) is 10.4. The topological polar surface area (TPSA) is 146 Å². The van der Waals surface area contributed by atoms with Crippen molar-refractivity contribution in [1.82, 2.24) is 4.98 Å². The minimum absolute atomic E-state index is 0. The molecule has 0 atom stereocenters. The lowest BCUT2D eigenvalue weighted by Gasteiger charge is -2.13. The first kappa shape index (κ1) is 35.1. The summed E-state index contributed by atoms with van der Waals surface area (Å²) in [6, 6.07) is 54.1. The van der Waals surface area contributed by atoms with Crippen molar-refractivity contribution in [2.24, 2.45) is 0 Å². The van der Waals surface area contributed by atoms with Gasteiger partial charge in [0.25, 0.3) is 0 Å². The number of hydrogen-bond acceptors (Lipinski definition) is 0. The van der Waals surface area contributed by atoms with Crippen LogP contribution in [0.15, 0.2) is 158 Å². The summed E-state index contributed by atoms with van der Waals surface area (Å²) in [4.78, 5) is 3.94. The lowest BCUT2D eigenvalue weighted by molar-refractivity contribution is -0.497. The van der Waals surface area contributed by atoms with Crippen LogP contribution >= 0.6 is 0 Å². The van der Waals surface area contributed by atoms with Crippen LogP contribution in [0.1, 0.15) is 0 Å². The van der Waals surface area contributed by atoms with Crippen LogP contribution in [0.25, 0.3) is 72.0 Å². The van der Waals surface area contributed by atoms with Gasteiger partial charge in [0.2, 0.25) is 11.2 Å². The Morgan fingerprint density at radius 2 is 0.870 bits per heavy atom. The van der Waals surface area contributed by atoms with E-state index in [-0.39, 0.29) is 34.3 Å². The molecule has 0 radical (unpaired) electrons. The van der Waals surface area contributed by atoms with Gasteiger partial charge in [-0.2, -0.15) is 4.40 Å². The molecule has 8 aromatic rings. The number of nitrogens with one attached hydrogen (secondary N) is 1. The fourth-order valence-corrected chi connectivity index (χ4v) is 6.33. The van der Waals surface area contributed by atoms with E-state index in [9.17, 15) is 0 Å². The normalized spacial score (nSPS) is 10.2. The molecule has 0 aliphatic rings. The predicted molar refractivity (Wildman–Crippen MR) is 185 cm³/mol. The molecule has 0 fully saturated rings. The summed E-state index contributed by atoms with van der Waals surface area (Å²) >= 11 is 0. The van der Waals surface area contributed by atoms with Crippen LogP contribution in [-0.4, -0.2) is 26.9 Å². The van der Waals surface area contributed by atoms with Gasteiger partial charge in [-0.3, -0.25) is 0 Å². The van der Waals surface area contributed by atoms with Crippen molar-refractivity contribution in [2.75, 3.05) is 0 Å². The molecule has 8 rings (SSSR count). The molecule has 6 nitrogen and oxygen atoms in total. The van der Waals surface area contributed by atoms with E-state index in [1.165, 1.54) is 60.8 Å². The van der Waals surface area contributed by atoms with Gasteiger partial charge in [-0.1, -0.05) is 121 Å². The molecular formula is C39H35ClN2O4. The van der Waals surface area contributed by atoms with Crippen LogP contribution in [-0.2, 0) is 0 Å². The van der Waals surface area contributed by atoms with E-state index in [1.807, 2.05) is 0 Å². The molecule has 7 heteroatoms. The largest absolute Gasteiger partial charge is 1.00 e. The van der Waals surface area contributed by atoms with Crippen LogP contribution in [0.2, 0.25) is 0 Å². The highest BCUT2D eigenvalue weighted by Crippen LogP contribution is 2.44. The summed E-state index contributed by atoms with van der Waals surface area (Å²) in [5, 5.41) is 3.68. The Balaban J connectivity index is 0.00000115. The molecule has 0 saturated carbocycles. The Morgan fingerprint density at radius 1 is 0.413 bits per heavy atom. The molecule has 3 aromatic heterocycles. The monoisotopic (exact) mass is 630 g/mol. The number of benzene rings is 5. The van der Waals surface area contributed by atoms with E-state index in [2.05, 4.69) is 167 Å². The maximum Gasteiger partial charge on any atom is 0.226 e. The second-order valence-electron chi connectivity index (χ2n) is 10.4. The van der Waals surface area contributed by atoms with E-state index in [1.54, 1.807) is 0 Å². The number of H-pyrrole nitrogens is 1. The first-order valence-corrected chi connectivity index (χ1v) is 14.0. The predicted octanol–water partition coefficient (Wildman–Crippen LogP) is 3.43. The SMILES string of the molecule is O.O.O.O.[Cl-].c1ccc(-c2[nH]c3c(ccc4c(-c5ccccc5)c(-c5ccccc5)[n+]5ccccc5c43)c2-c2ccccc2)cc1. The molecule has 0 saturated heterocycles. The number of fused-ring (bicyclic) bond motifs is 5. The molecule has 0 unspecified atom stereocenters. The zero-order chi connectivity index (χ0) is 27.2. The van der Waals surface area contributed by atoms with E-state index < -0.39 is 0 Å². The maximum atomic E-state index is 3.94. The zero-order valence-electron chi connectivity index (χ0n) is 24.8. The minimum Gasteiger partial charge on any atom is -1.00 e.